The van der Waals surface area contributed by atoms with Gasteiger partial charge in [0.05, 0.1) is 6.54 Å². The number of rotatable bonds is 7. The van der Waals surface area contributed by atoms with Crippen LogP contribution in [0, 0.1) is 0 Å². The summed E-state index contributed by atoms with van der Waals surface area (Å²) in [5.74, 6) is 0.385. The highest BCUT2D eigenvalue weighted by Crippen LogP contribution is 2.40. The van der Waals surface area contributed by atoms with Crippen molar-refractivity contribution in [2.75, 3.05) is 13.1 Å². The van der Waals surface area contributed by atoms with Gasteiger partial charge in [0.25, 0.3) is 0 Å². The lowest BCUT2D eigenvalue weighted by molar-refractivity contribution is 0.1000. The molecule has 0 saturated heterocycles. The van der Waals surface area contributed by atoms with Crippen molar-refractivity contribution in [2.45, 2.75) is 44.6 Å². The lowest BCUT2D eigenvalue weighted by Crippen LogP contribution is -2.44. The highest BCUT2D eigenvalue weighted by Gasteiger charge is 2.35. The van der Waals surface area contributed by atoms with Gasteiger partial charge >= 0.3 is 0 Å². The zero-order valence-corrected chi connectivity index (χ0v) is 19.3. The van der Waals surface area contributed by atoms with Crippen LogP contribution < -0.4 is 16.4 Å². The van der Waals surface area contributed by atoms with Crippen molar-refractivity contribution >= 4 is 35.8 Å². The van der Waals surface area contributed by atoms with Crippen LogP contribution in [-0.4, -0.2) is 25.0 Å². The predicted octanol–water partition coefficient (Wildman–Crippen LogP) is 3.97. The first-order chi connectivity index (χ1) is 13.6. The van der Waals surface area contributed by atoms with Crippen molar-refractivity contribution in [2.24, 2.45) is 10.7 Å². The quantitative estimate of drug-likeness (QED) is 0.302. The van der Waals surface area contributed by atoms with Crippen molar-refractivity contribution in [1.82, 2.24) is 10.6 Å². The molecular weight excluding hydrogens is 475 g/mol. The molecule has 1 saturated carbocycles. The smallest absolute Gasteiger partial charge is 0.248 e. The van der Waals surface area contributed by atoms with Gasteiger partial charge in [0, 0.05) is 24.1 Å². The summed E-state index contributed by atoms with van der Waals surface area (Å²) in [6.45, 7) is 4.22. The van der Waals surface area contributed by atoms with E-state index in [9.17, 15) is 4.79 Å². The Bertz CT molecular complexity index is 817. The molecule has 156 valence electrons. The number of aliphatic imine (C=N–C) groups is 1. The van der Waals surface area contributed by atoms with Gasteiger partial charge in [-0.3, -0.25) is 4.79 Å². The summed E-state index contributed by atoms with van der Waals surface area (Å²) < 4.78 is 0. The number of nitrogens with two attached hydrogens (primary N) is 1. The van der Waals surface area contributed by atoms with E-state index < -0.39 is 5.91 Å². The largest absolute Gasteiger partial charge is 0.366 e. The van der Waals surface area contributed by atoms with E-state index in [1.807, 2.05) is 12.1 Å². The van der Waals surface area contributed by atoms with E-state index >= 15 is 0 Å². The van der Waals surface area contributed by atoms with Gasteiger partial charge in [-0.05, 0) is 43.0 Å². The molecule has 4 N–H and O–H groups in total. The van der Waals surface area contributed by atoms with Crippen molar-refractivity contribution in [1.29, 1.82) is 0 Å². The maximum atomic E-state index is 11.4. The third kappa shape index (κ3) is 6.19. The maximum absolute atomic E-state index is 11.4. The Hall–Kier alpha value is -2.09. The van der Waals surface area contributed by atoms with E-state index in [2.05, 4.69) is 47.9 Å². The van der Waals surface area contributed by atoms with E-state index in [0.29, 0.717) is 12.1 Å². The molecule has 0 unspecified atom stereocenters. The van der Waals surface area contributed by atoms with Gasteiger partial charge in [0.1, 0.15) is 0 Å². The summed E-state index contributed by atoms with van der Waals surface area (Å²) >= 11 is 0. The number of carbonyl (C=O) groups is 1. The second-order valence-electron chi connectivity index (χ2n) is 7.47. The second-order valence-corrected chi connectivity index (χ2v) is 7.47. The molecule has 0 heterocycles. The Morgan fingerprint density at radius 3 is 2.45 bits per heavy atom. The summed E-state index contributed by atoms with van der Waals surface area (Å²) in [7, 11) is 0. The van der Waals surface area contributed by atoms with Crippen LogP contribution in [0.5, 0.6) is 0 Å². The topological polar surface area (TPSA) is 79.5 Å². The molecule has 2 aromatic rings. The zero-order chi connectivity index (χ0) is 19.8. The first kappa shape index (κ1) is 23.2. The fourth-order valence-electron chi connectivity index (χ4n) is 4.00. The summed E-state index contributed by atoms with van der Waals surface area (Å²) in [5, 5.41) is 6.89. The molecule has 6 heteroatoms. The van der Waals surface area contributed by atoms with Crippen LogP contribution in [-0.2, 0) is 12.0 Å². The standard InChI is InChI=1S/C23H30N4O.HI/c1-2-25-22(26-16-18-9-8-10-19(15-18)21(24)28)27-17-23(13-6-7-14-23)20-11-4-3-5-12-20;/h3-5,8-12,15H,2,6-7,13-14,16-17H2,1H3,(H2,24,28)(H2,25,26,27);1H. The molecule has 1 fully saturated rings. The van der Waals surface area contributed by atoms with Crippen molar-refractivity contribution in [3.63, 3.8) is 0 Å². The highest BCUT2D eigenvalue weighted by atomic mass is 127. The number of hydrogen-bond acceptors (Lipinski definition) is 2. The molecule has 0 radical (unpaired) electrons. The number of nitrogens with one attached hydrogen (secondary N) is 2. The van der Waals surface area contributed by atoms with Gasteiger partial charge < -0.3 is 16.4 Å². The van der Waals surface area contributed by atoms with E-state index in [1.54, 1.807) is 12.1 Å². The molecule has 1 amide bonds. The molecule has 0 aromatic heterocycles. The number of halogens is 1. The summed E-state index contributed by atoms with van der Waals surface area (Å²) in [4.78, 5) is 16.1. The van der Waals surface area contributed by atoms with E-state index in [4.69, 9.17) is 10.7 Å². The molecule has 0 bridgehead atoms. The van der Waals surface area contributed by atoms with E-state index in [-0.39, 0.29) is 29.4 Å². The Balaban J connectivity index is 0.00000300. The zero-order valence-electron chi connectivity index (χ0n) is 17.0. The number of nitrogens with zero attached hydrogens (tertiary/aromatic N) is 1. The average molecular weight is 506 g/mol. The fourth-order valence-corrected chi connectivity index (χ4v) is 4.00. The maximum Gasteiger partial charge on any atom is 0.248 e. The monoisotopic (exact) mass is 506 g/mol. The number of guanidine groups is 1. The first-order valence-electron chi connectivity index (χ1n) is 10.1. The lowest BCUT2D eigenvalue weighted by atomic mass is 9.79. The van der Waals surface area contributed by atoms with Gasteiger partial charge in [0.2, 0.25) is 5.91 Å². The van der Waals surface area contributed by atoms with Crippen LogP contribution in [0.2, 0.25) is 0 Å². The lowest BCUT2D eigenvalue weighted by Gasteiger charge is -2.30. The van der Waals surface area contributed by atoms with Crippen LogP contribution in [0.15, 0.2) is 59.6 Å². The molecule has 1 aliphatic carbocycles. The Morgan fingerprint density at radius 1 is 1.07 bits per heavy atom. The molecule has 0 atom stereocenters. The fraction of sp³-hybridized carbons (Fsp3) is 0.391. The van der Waals surface area contributed by atoms with Crippen molar-refractivity contribution < 1.29 is 4.79 Å². The minimum absolute atomic E-state index is 0. The van der Waals surface area contributed by atoms with Crippen molar-refractivity contribution in [3.05, 3.63) is 71.3 Å². The van der Waals surface area contributed by atoms with Gasteiger partial charge in [-0.2, -0.15) is 0 Å². The number of primary amides is 1. The first-order valence-corrected chi connectivity index (χ1v) is 10.1. The summed E-state index contributed by atoms with van der Waals surface area (Å²) in [5.41, 5.74) is 8.43. The Morgan fingerprint density at radius 2 is 1.79 bits per heavy atom. The Kier molecular flexibility index (Phi) is 8.95. The molecule has 0 aliphatic heterocycles. The van der Waals surface area contributed by atoms with E-state index in [1.165, 1.54) is 31.2 Å². The van der Waals surface area contributed by atoms with Gasteiger partial charge in [-0.25, -0.2) is 4.99 Å². The molecule has 5 nitrogen and oxygen atoms in total. The van der Waals surface area contributed by atoms with E-state index in [0.717, 1.165) is 24.6 Å². The molecule has 0 spiro atoms. The summed E-state index contributed by atoms with van der Waals surface area (Å²) in [6.07, 6.45) is 4.93. The molecule has 2 aromatic carbocycles. The van der Waals surface area contributed by atoms with Crippen LogP contribution >= 0.6 is 24.0 Å². The van der Waals surface area contributed by atoms with Crippen LogP contribution in [0.3, 0.4) is 0 Å². The summed E-state index contributed by atoms with van der Waals surface area (Å²) in [6, 6.07) is 18.1. The second kappa shape index (κ2) is 11.2. The van der Waals surface area contributed by atoms with Gasteiger partial charge in [-0.1, -0.05) is 55.3 Å². The molecule has 1 aliphatic rings. The number of benzene rings is 2. The predicted molar refractivity (Wildman–Crippen MR) is 130 cm³/mol. The van der Waals surface area contributed by atoms with Crippen molar-refractivity contribution in [3.8, 4) is 0 Å². The SMILES string of the molecule is CCNC(=NCc1cccc(C(N)=O)c1)NCC1(c2ccccc2)CCCC1.I. The average Bonchev–Trinajstić information content (AvgIpc) is 3.21. The van der Waals surface area contributed by atoms with Gasteiger partial charge in [-0.15, -0.1) is 24.0 Å². The normalized spacial score (nSPS) is 15.4. The third-order valence-corrected chi connectivity index (χ3v) is 5.52. The molecule has 3 rings (SSSR count). The third-order valence-electron chi connectivity index (χ3n) is 5.52. The molecule has 29 heavy (non-hydrogen) atoms. The minimum Gasteiger partial charge on any atom is -0.366 e. The highest BCUT2D eigenvalue weighted by molar-refractivity contribution is 14.0. The number of hydrogen-bond donors (Lipinski definition) is 3. The minimum atomic E-state index is -0.415. The van der Waals surface area contributed by atoms with Crippen LogP contribution in [0.25, 0.3) is 0 Å². The molecular formula is C23H31IN4O. The Labute approximate surface area is 190 Å². The number of amides is 1. The van der Waals surface area contributed by atoms with Gasteiger partial charge in [0.15, 0.2) is 5.96 Å². The number of carbonyl (C=O) groups excluding carboxylic acids is 1. The van der Waals surface area contributed by atoms with Crippen LogP contribution in [0.4, 0.5) is 0 Å². The van der Waals surface area contributed by atoms with Crippen LogP contribution in [0.1, 0.15) is 54.1 Å².